The van der Waals surface area contributed by atoms with E-state index in [1.54, 1.807) is 6.07 Å². The number of rotatable bonds is 4. The van der Waals surface area contributed by atoms with Crippen LogP contribution in [-0.2, 0) is 12.3 Å². The van der Waals surface area contributed by atoms with Gasteiger partial charge in [0.15, 0.2) is 11.0 Å². The molecule has 0 aliphatic heterocycles. The van der Waals surface area contributed by atoms with Crippen molar-refractivity contribution in [1.82, 2.24) is 24.7 Å². The van der Waals surface area contributed by atoms with Gasteiger partial charge in [0.05, 0.1) is 11.3 Å². The minimum absolute atomic E-state index is 0.282. The molecular weight excluding hydrogens is 265 g/mol. The molecule has 3 aromatic rings. The average molecular weight is 277 g/mol. The minimum Gasteiger partial charge on any atom is -0.327 e. The zero-order chi connectivity index (χ0) is 13.2. The van der Waals surface area contributed by atoms with Crippen LogP contribution in [0, 0.1) is 5.82 Å². The smallest absolute Gasteiger partial charge is 0.183 e. The molecule has 0 saturated carbocycles. The molecule has 0 aliphatic carbocycles. The fourth-order valence-corrected chi connectivity index (χ4v) is 2.75. The Balaban J connectivity index is 1.96. The summed E-state index contributed by atoms with van der Waals surface area (Å²) in [5.41, 5.74) is 1.26. The van der Waals surface area contributed by atoms with E-state index in [4.69, 9.17) is 0 Å². The number of fused-ring (bicyclic) bond motifs is 1. The Labute approximate surface area is 113 Å². The van der Waals surface area contributed by atoms with Crippen molar-refractivity contribution >= 4 is 22.8 Å². The molecule has 0 saturated heterocycles. The molecule has 0 amide bonds. The Hall–Kier alpha value is -1.89. The summed E-state index contributed by atoms with van der Waals surface area (Å²) in [5.74, 6) is 1.18. The summed E-state index contributed by atoms with van der Waals surface area (Å²) in [6.07, 6.45) is 1.46. The third-order valence-electron chi connectivity index (χ3n) is 2.86. The molecule has 0 unspecified atom stereocenters. The van der Waals surface area contributed by atoms with Crippen LogP contribution in [0.25, 0.3) is 11.0 Å². The second-order valence-electron chi connectivity index (χ2n) is 3.96. The van der Waals surface area contributed by atoms with Crippen molar-refractivity contribution in [1.29, 1.82) is 0 Å². The summed E-state index contributed by atoms with van der Waals surface area (Å²) in [6.45, 7) is 2.78. The summed E-state index contributed by atoms with van der Waals surface area (Å²) in [4.78, 5) is 8.43. The molecule has 0 atom stereocenters. The van der Waals surface area contributed by atoms with Crippen LogP contribution in [0.15, 0.2) is 29.7 Å². The largest absolute Gasteiger partial charge is 0.327 e. The maximum absolute atomic E-state index is 13.7. The van der Waals surface area contributed by atoms with Gasteiger partial charge in [-0.05, 0) is 19.1 Å². The van der Waals surface area contributed by atoms with E-state index in [0.29, 0.717) is 11.3 Å². The molecule has 7 heteroatoms. The molecular formula is C12H12FN5S. The van der Waals surface area contributed by atoms with E-state index in [0.717, 1.165) is 23.0 Å². The minimum atomic E-state index is -0.282. The van der Waals surface area contributed by atoms with Crippen LogP contribution in [0.3, 0.4) is 0 Å². The number of para-hydroxylation sites is 1. The molecule has 1 N–H and O–H groups in total. The van der Waals surface area contributed by atoms with Crippen LogP contribution in [-0.4, -0.2) is 24.7 Å². The van der Waals surface area contributed by atoms with Crippen LogP contribution in [0.2, 0.25) is 0 Å². The van der Waals surface area contributed by atoms with E-state index >= 15 is 0 Å². The summed E-state index contributed by atoms with van der Waals surface area (Å²) in [7, 11) is 0. The van der Waals surface area contributed by atoms with Gasteiger partial charge in [-0.2, -0.15) is 5.10 Å². The van der Waals surface area contributed by atoms with Gasteiger partial charge in [0.1, 0.15) is 17.7 Å². The second-order valence-corrected chi connectivity index (χ2v) is 4.92. The Bertz CT molecular complexity index is 692. The van der Waals surface area contributed by atoms with E-state index in [1.807, 2.05) is 17.6 Å². The number of aryl methyl sites for hydroxylation is 1. The lowest BCUT2D eigenvalue weighted by Gasteiger charge is -2.04. The van der Waals surface area contributed by atoms with Crippen LogP contribution >= 0.6 is 11.8 Å². The number of thioether (sulfide) groups is 1. The normalized spacial score (nSPS) is 11.3. The first-order valence-electron chi connectivity index (χ1n) is 5.91. The van der Waals surface area contributed by atoms with Crippen LogP contribution in [0.1, 0.15) is 12.7 Å². The number of H-pyrrole nitrogens is 1. The lowest BCUT2D eigenvalue weighted by Crippen LogP contribution is -2.00. The van der Waals surface area contributed by atoms with Gasteiger partial charge < -0.3 is 4.57 Å². The maximum Gasteiger partial charge on any atom is 0.183 e. The van der Waals surface area contributed by atoms with Gasteiger partial charge in [0, 0.05) is 6.54 Å². The Morgan fingerprint density at radius 2 is 2.32 bits per heavy atom. The Morgan fingerprint density at radius 3 is 3.05 bits per heavy atom. The zero-order valence-corrected chi connectivity index (χ0v) is 11.1. The topological polar surface area (TPSA) is 59.4 Å². The summed E-state index contributed by atoms with van der Waals surface area (Å²) in [5, 5.41) is 7.30. The van der Waals surface area contributed by atoms with Crippen LogP contribution in [0.5, 0.6) is 0 Å². The highest BCUT2D eigenvalue weighted by Crippen LogP contribution is 2.23. The number of aromatic amines is 1. The number of hydrogen-bond donors (Lipinski definition) is 1. The maximum atomic E-state index is 13.7. The highest BCUT2D eigenvalue weighted by Gasteiger charge is 2.13. The number of imidazole rings is 1. The molecule has 0 bridgehead atoms. The number of nitrogens with one attached hydrogen (secondary N) is 1. The molecule has 19 heavy (non-hydrogen) atoms. The lowest BCUT2D eigenvalue weighted by atomic mass is 10.3. The molecule has 3 rings (SSSR count). The van der Waals surface area contributed by atoms with Crippen LogP contribution < -0.4 is 0 Å². The summed E-state index contributed by atoms with van der Waals surface area (Å²) >= 11 is 1.50. The predicted molar refractivity (Wildman–Crippen MR) is 71.3 cm³/mol. The van der Waals surface area contributed by atoms with E-state index < -0.39 is 0 Å². The van der Waals surface area contributed by atoms with Crippen molar-refractivity contribution in [2.75, 3.05) is 0 Å². The van der Waals surface area contributed by atoms with Crippen LogP contribution in [0.4, 0.5) is 4.39 Å². The molecule has 98 valence electrons. The number of hydrogen-bond acceptors (Lipinski definition) is 4. The van der Waals surface area contributed by atoms with E-state index in [2.05, 4.69) is 20.2 Å². The predicted octanol–water partition coefficient (Wildman–Crippen LogP) is 2.61. The van der Waals surface area contributed by atoms with Crippen molar-refractivity contribution < 1.29 is 4.39 Å². The molecule has 5 nitrogen and oxygen atoms in total. The first kappa shape index (κ1) is 12.2. The van der Waals surface area contributed by atoms with Gasteiger partial charge in [0.2, 0.25) is 0 Å². The fraction of sp³-hybridized carbons (Fsp3) is 0.250. The molecule has 0 fully saturated rings. The zero-order valence-electron chi connectivity index (χ0n) is 10.3. The third-order valence-corrected chi connectivity index (χ3v) is 3.73. The SMILES string of the molecule is CCn1c(CSc2ncn[nH]2)nc2c(F)cccc21. The molecule has 1 aromatic carbocycles. The highest BCUT2D eigenvalue weighted by molar-refractivity contribution is 7.98. The number of halogens is 1. The van der Waals surface area contributed by atoms with Crippen molar-refractivity contribution in [2.24, 2.45) is 0 Å². The highest BCUT2D eigenvalue weighted by atomic mass is 32.2. The quantitative estimate of drug-likeness (QED) is 0.745. The third kappa shape index (κ3) is 2.21. The molecule has 2 heterocycles. The number of nitrogens with zero attached hydrogens (tertiary/aromatic N) is 4. The number of aromatic nitrogens is 5. The standard InChI is InChI=1S/C12H12FN5S/c1-2-18-9-5-3-4-8(13)11(9)16-10(18)6-19-12-14-7-15-17-12/h3-5,7H,2,6H2,1H3,(H,14,15,17). The summed E-state index contributed by atoms with van der Waals surface area (Å²) < 4.78 is 15.7. The summed E-state index contributed by atoms with van der Waals surface area (Å²) in [6, 6.07) is 5.03. The number of benzene rings is 1. The van der Waals surface area contributed by atoms with Crippen molar-refractivity contribution in [2.45, 2.75) is 24.4 Å². The first-order chi connectivity index (χ1) is 9.29. The van der Waals surface area contributed by atoms with E-state index in [9.17, 15) is 4.39 Å². The van der Waals surface area contributed by atoms with Gasteiger partial charge >= 0.3 is 0 Å². The van der Waals surface area contributed by atoms with E-state index in [-0.39, 0.29) is 5.82 Å². The monoisotopic (exact) mass is 277 g/mol. The molecule has 2 aromatic heterocycles. The fourth-order valence-electron chi connectivity index (χ4n) is 2.02. The molecule has 0 radical (unpaired) electrons. The van der Waals surface area contributed by atoms with Gasteiger partial charge in [-0.25, -0.2) is 14.4 Å². The molecule has 0 aliphatic rings. The van der Waals surface area contributed by atoms with Crippen molar-refractivity contribution in [3.63, 3.8) is 0 Å². The van der Waals surface area contributed by atoms with Gasteiger partial charge in [0.25, 0.3) is 0 Å². The van der Waals surface area contributed by atoms with Gasteiger partial charge in [-0.15, -0.1) is 0 Å². The van der Waals surface area contributed by atoms with Crippen molar-refractivity contribution in [3.05, 3.63) is 36.2 Å². The van der Waals surface area contributed by atoms with Gasteiger partial charge in [-0.3, -0.25) is 5.10 Å². The Morgan fingerprint density at radius 1 is 1.42 bits per heavy atom. The first-order valence-corrected chi connectivity index (χ1v) is 6.90. The molecule has 0 spiro atoms. The average Bonchev–Trinajstić information content (AvgIpc) is 3.03. The van der Waals surface area contributed by atoms with Crippen molar-refractivity contribution in [3.8, 4) is 0 Å². The van der Waals surface area contributed by atoms with Gasteiger partial charge in [-0.1, -0.05) is 17.8 Å². The lowest BCUT2D eigenvalue weighted by molar-refractivity contribution is 0.637. The second kappa shape index (κ2) is 5.00. The van der Waals surface area contributed by atoms with E-state index in [1.165, 1.54) is 24.2 Å². The Kier molecular flexibility index (Phi) is 3.20.